The van der Waals surface area contributed by atoms with Gasteiger partial charge in [-0.15, -0.1) is 0 Å². The molecule has 1 N–H and O–H groups in total. The molecule has 0 spiro atoms. The Bertz CT molecular complexity index is 722. The van der Waals surface area contributed by atoms with Crippen molar-refractivity contribution in [3.63, 3.8) is 0 Å². The Morgan fingerprint density at radius 1 is 1.00 bits per heavy atom. The summed E-state index contributed by atoms with van der Waals surface area (Å²) in [5.41, 5.74) is 3.05. The second kappa shape index (κ2) is 8.42. The second-order valence-corrected chi connectivity index (χ2v) is 6.01. The van der Waals surface area contributed by atoms with Gasteiger partial charge in [-0.05, 0) is 62.2 Å². The lowest BCUT2D eigenvalue weighted by Crippen LogP contribution is -2.31. The molecule has 0 fully saturated rings. The van der Waals surface area contributed by atoms with Gasteiger partial charge < -0.3 is 19.5 Å². The van der Waals surface area contributed by atoms with E-state index in [0.29, 0.717) is 17.2 Å². The molecule has 0 saturated carbocycles. The summed E-state index contributed by atoms with van der Waals surface area (Å²) in [6, 6.07) is 11.1. The van der Waals surface area contributed by atoms with Crippen molar-refractivity contribution < 1.29 is 19.0 Å². The maximum atomic E-state index is 12.2. The molecule has 5 nitrogen and oxygen atoms in total. The van der Waals surface area contributed by atoms with Gasteiger partial charge in [-0.1, -0.05) is 6.07 Å². The Hall–Kier alpha value is -2.69. The van der Waals surface area contributed by atoms with Crippen LogP contribution in [0.5, 0.6) is 17.2 Å². The first-order valence-electron chi connectivity index (χ1n) is 8.15. The number of benzene rings is 2. The number of methoxy groups -OCH3 is 2. The van der Waals surface area contributed by atoms with Gasteiger partial charge in [-0.3, -0.25) is 4.79 Å². The third-order valence-corrected chi connectivity index (χ3v) is 3.85. The lowest BCUT2D eigenvalue weighted by Gasteiger charge is -2.18. The van der Waals surface area contributed by atoms with Crippen LogP contribution >= 0.6 is 0 Å². The van der Waals surface area contributed by atoms with Crippen LogP contribution in [0.3, 0.4) is 0 Å². The van der Waals surface area contributed by atoms with Crippen molar-refractivity contribution in [3.8, 4) is 17.2 Å². The summed E-state index contributed by atoms with van der Waals surface area (Å²) in [6.45, 7) is 5.85. The van der Waals surface area contributed by atoms with Crippen LogP contribution in [0.1, 0.15) is 29.7 Å². The van der Waals surface area contributed by atoms with Gasteiger partial charge in [0.1, 0.15) is 17.2 Å². The van der Waals surface area contributed by atoms with Crippen LogP contribution in [0, 0.1) is 13.8 Å². The van der Waals surface area contributed by atoms with E-state index in [0.717, 1.165) is 16.7 Å². The molecule has 1 atom stereocenters. The number of carbonyl (C=O) groups is 1. The molecule has 0 aliphatic carbocycles. The van der Waals surface area contributed by atoms with Crippen LogP contribution in [0.15, 0.2) is 36.4 Å². The molecule has 25 heavy (non-hydrogen) atoms. The zero-order chi connectivity index (χ0) is 18.4. The highest BCUT2D eigenvalue weighted by atomic mass is 16.5. The van der Waals surface area contributed by atoms with Crippen molar-refractivity contribution >= 4 is 5.91 Å². The fourth-order valence-electron chi connectivity index (χ4n) is 2.70. The van der Waals surface area contributed by atoms with E-state index < -0.39 is 0 Å². The van der Waals surface area contributed by atoms with Crippen LogP contribution < -0.4 is 19.5 Å². The molecule has 0 saturated heterocycles. The molecule has 134 valence electrons. The van der Waals surface area contributed by atoms with Gasteiger partial charge in [-0.2, -0.15) is 0 Å². The molecule has 0 bridgehead atoms. The Balaban J connectivity index is 2.00. The largest absolute Gasteiger partial charge is 0.497 e. The smallest absolute Gasteiger partial charge is 0.258 e. The standard InChI is InChI=1S/C20H25NO4/c1-13-8-14(2)10-17(9-13)25-12-20(22)21-15(3)18-11-16(23-4)6-7-19(18)24-5/h6-11,15H,12H2,1-5H3,(H,21,22). The first-order chi connectivity index (χ1) is 11.9. The van der Waals surface area contributed by atoms with Gasteiger partial charge in [0, 0.05) is 5.56 Å². The Morgan fingerprint density at radius 3 is 2.28 bits per heavy atom. The summed E-state index contributed by atoms with van der Waals surface area (Å²) in [6.07, 6.45) is 0. The average molecular weight is 343 g/mol. The molecule has 2 aromatic carbocycles. The summed E-state index contributed by atoms with van der Waals surface area (Å²) < 4.78 is 16.2. The first-order valence-corrected chi connectivity index (χ1v) is 8.15. The number of aryl methyl sites for hydroxylation is 2. The molecular formula is C20H25NO4. The topological polar surface area (TPSA) is 56.8 Å². The minimum absolute atomic E-state index is 0.0421. The molecule has 1 unspecified atom stereocenters. The number of hydrogen-bond donors (Lipinski definition) is 1. The van der Waals surface area contributed by atoms with Gasteiger partial charge in [-0.25, -0.2) is 0 Å². The lowest BCUT2D eigenvalue weighted by molar-refractivity contribution is -0.123. The van der Waals surface area contributed by atoms with E-state index in [9.17, 15) is 4.79 Å². The number of hydrogen-bond acceptors (Lipinski definition) is 4. The molecule has 0 heterocycles. The van der Waals surface area contributed by atoms with Gasteiger partial charge in [0.15, 0.2) is 6.61 Å². The van der Waals surface area contributed by atoms with Crippen molar-refractivity contribution in [2.24, 2.45) is 0 Å². The highest BCUT2D eigenvalue weighted by Crippen LogP contribution is 2.29. The Morgan fingerprint density at radius 2 is 1.68 bits per heavy atom. The predicted molar refractivity (Wildman–Crippen MR) is 97.5 cm³/mol. The molecule has 0 aromatic heterocycles. The summed E-state index contributed by atoms with van der Waals surface area (Å²) in [5.74, 6) is 1.91. The van der Waals surface area contributed by atoms with E-state index in [1.165, 1.54) is 0 Å². The molecule has 0 aliphatic rings. The summed E-state index contributed by atoms with van der Waals surface area (Å²) >= 11 is 0. The highest BCUT2D eigenvalue weighted by molar-refractivity contribution is 5.78. The van der Waals surface area contributed by atoms with E-state index in [4.69, 9.17) is 14.2 Å². The van der Waals surface area contributed by atoms with Crippen molar-refractivity contribution in [2.45, 2.75) is 26.8 Å². The highest BCUT2D eigenvalue weighted by Gasteiger charge is 2.15. The third kappa shape index (κ3) is 5.14. The van der Waals surface area contributed by atoms with Crippen LogP contribution in [-0.4, -0.2) is 26.7 Å². The Kier molecular flexibility index (Phi) is 6.28. The van der Waals surface area contributed by atoms with E-state index in [1.807, 2.05) is 51.1 Å². The van der Waals surface area contributed by atoms with Crippen LogP contribution in [-0.2, 0) is 4.79 Å². The maximum absolute atomic E-state index is 12.2. The van der Waals surface area contributed by atoms with E-state index in [-0.39, 0.29) is 18.6 Å². The Labute approximate surface area is 148 Å². The van der Waals surface area contributed by atoms with E-state index in [1.54, 1.807) is 14.2 Å². The minimum Gasteiger partial charge on any atom is -0.497 e. The maximum Gasteiger partial charge on any atom is 0.258 e. The second-order valence-electron chi connectivity index (χ2n) is 6.01. The number of ether oxygens (including phenoxy) is 3. The van der Waals surface area contributed by atoms with Crippen molar-refractivity contribution in [1.82, 2.24) is 5.32 Å². The third-order valence-electron chi connectivity index (χ3n) is 3.85. The van der Waals surface area contributed by atoms with Crippen molar-refractivity contribution in [1.29, 1.82) is 0 Å². The van der Waals surface area contributed by atoms with Crippen LogP contribution in [0.2, 0.25) is 0 Å². The molecule has 5 heteroatoms. The van der Waals surface area contributed by atoms with E-state index in [2.05, 4.69) is 11.4 Å². The minimum atomic E-state index is -0.236. The molecule has 1 amide bonds. The van der Waals surface area contributed by atoms with Crippen molar-refractivity contribution in [3.05, 3.63) is 53.1 Å². The quantitative estimate of drug-likeness (QED) is 0.835. The van der Waals surface area contributed by atoms with Crippen molar-refractivity contribution in [2.75, 3.05) is 20.8 Å². The number of rotatable bonds is 7. The van der Waals surface area contributed by atoms with Gasteiger partial charge >= 0.3 is 0 Å². The molecule has 0 aliphatic heterocycles. The molecule has 2 aromatic rings. The zero-order valence-electron chi connectivity index (χ0n) is 15.4. The van der Waals surface area contributed by atoms with Crippen LogP contribution in [0.25, 0.3) is 0 Å². The predicted octanol–water partition coefficient (Wildman–Crippen LogP) is 3.58. The van der Waals surface area contributed by atoms with Gasteiger partial charge in [0.05, 0.1) is 20.3 Å². The number of amides is 1. The average Bonchev–Trinajstić information content (AvgIpc) is 2.58. The SMILES string of the molecule is COc1ccc(OC)c(C(C)NC(=O)COc2cc(C)cc(C)c2)c1. The summed E-state index contributed by atoms with van der Waals surface area (Å²) in [4.78, 5) is 12.2. The monoisotopic (exact) mass is 343 g/mol. The number of nitrogens with one attached hydrogen (secondary N) is 1. The fraction of sp³-hybridized carbons (Fsp3) is 0.350. The van der Waals surface area contributed by atoms with Gasteiger partial charge in [0.2, 0.25) is 0 Å². The molecule has 0 radical (unpaired) electrons. The summed E-state index contributed by atoms with van der Waals surface area (Å²) in [5, 5.41) is 2.92. The van der Waals surface area contributed by atoms with Crippen LogP contribution in [0.4, 0.5) is 0 Å². The summed E-state index contributed by atoms with van der Waals surface area (Å²) in [7, 11) is 3.20. The lowest BCUT2D eigenvalue weighted by atomic mass is 10.1. The van der Waals surface area contributed by atoms with Gasteiger partial charge in [0.25, 0.3) is 5.91 Å². The normalized spacial score (nSPS) is 11.6. The van der Waals surface area contributed by atoms with E-state index >= 15 is 0 Å². The zero-order valence-corrected chi connectivity index (χ0v) is 15.4. The first kappa shape index (κ1) is 18.6. The fourth-order valence-corrected chi connectivity index (χ4v) is 2.70. The number of carbonyl (C=O) groups excluding carboxylic acids is 1. The molecule has 2 rings (SSSR count). The molecular weight excluding hydrogens is 318 g/mol.